The number of hydrogen-bond acceptors (Lipinski definition) is 6. The molecule has 6 heteroatoms. The summed E-state index contributed by atoms with van der Waals surface area (Å²) in [6.45, 7) is 1.61. The molecule has 0 saturated carbocycles. The van der Waals surface area contributed by atoms with Gasteiger partial charge in [0.1, 0.15) is 18.3 Å². The molecule has 0 amide bonds. The Morgan fingerprint density at radius 1 is 1.39 bits per heavy atom. The molecule has 0 spiro atoms. The van der Waals surface area contributed by atoms with Crippen molar-refractivity contribution in [3.63, 3.8) is 0 Å². The molecule has 0 bridgehead atoms. The third-order valence-electron chi connectivity index (χ3n) is 2.97. The molecule has 3 N–H and O–H groups in total. The molecule has 1 saturated heterocycles. The van der Waals surface area contributed by atoms with Crippen LogP contribution in [0.4, 0.5) is 0 Å². The van der Waals surface area contributed by atoms with E-state index in [1.807, 2.05) is 6.92 Å². The molecule has 106 valence electrons. The Labute approximate surface area is 107 Å². The maximum absolute atomic E-state index is 11.5. The molecule has 1 heterocycles. The summed E-state index contributed by atoms with van der Waals surface area (Å²) in [4.78, 5) is 11.5. The molecule has 1 unspecified atom stereocenters. The first-order valence-corrected chi connectivity index (χ1v) is 6.40. The lowest BCUT2D eigenvalue weighted by Gasteiger charge is -2.36. The van der Waals surface area contributed by atoms with Crippen LogP contribution in [0, 0.1) is 0 Å². The van der Waals surface area contributed by atoms with Crippen molar-refractivity contribution in [3.8, 4) is 0 Å². The fourth-order valence-electron chi connectivity index (χ4n) is 1.93. The number of esters is 1. The lowest BCUT2D eigenvalue weighted by molar-refractivity contribution is -0.245. The highest BCUT2D eigenvalue weighted by Gasteiger charge is 2.38. The average molecular weight is 262 g/mol. The van der Waals surface area contributed by atoms with Gasteiger partial charge in [0.15, 0.2) is 6.29 Å². The number of ether oxygens (including phenoxy) is 2. The van der Waals surface area contributed by atoms with Gasteiger partial charge in [0, 0.05) is 12.8 Å². The van der Waals surface area contributed by atoms with Crippen molar-refractivity contribution in [2.75, 3.05) is 6.61 Å². The lowest BCUT2D eigenvalue weighted by Crippen LogP contribution is -2.51. The van der Waals surface area contributed by atoms with E-state index in [0.29, 0.717) is 6.42 Å². The molecule has 0 aliphatic carbocycles. The SMILES string of the molecule is CCCCCC(=O)O[C@@H]1CC(O)O[C@H](CO)[C@H]1O. The van der Waals surface area contributed by atoms with Crippen LogP contribution in [-0.2, 0) is 14.3 Å². The monoisotopic (exact) mass is 262 g/mol. The summed E-state index contributed by atoms with van der Waals surface area (Å²) in [5.41, 5.74) is 0. The Balaban J connectivity index is 2.41. The van der Waals surface area contributed by atoms with Crippen LogP contribution in [0.15, 0.2) is 0 Å². The number of hydrogen-bond donors (Lipinski definition) is 3. The van der Waals surface area contributed by atoms with Crippen molar-refractivity contribution in [1.82, 2.24) is 0 Å². The van der Waals surface area contributed by atoms with Crippen LogP contribution in [0.2, 0.25) is 0 Å². The number of unbranched alkanes of at least 4 members (excludes halogenated alkanes) is 2. The van der Waals surface area contributed by atoms with Gasteiger partial charge in [-0.3, -0.25) is 4.79 Å². The Kier molecular flexibility index (Phi) is 6.56. The highest BCUT2D eigenvalue weighted by Crippen LogP contribution is 2.22. The number of aliphatic hydroxyl groups is 3. The Morgan fingerprint density at radius 3 is 2.72 bits per heavy atom. The summed E-state index contributed by atoms with van der Waals surface area (Å²) < 4.78 is 10.0. The van der Waals surface area contributed by atoms with E-state index >= 15 is 0 Å². The summed E-state index contributed by atoms with van der Waals surface area (Å²) in [7, 11) is 0. The van der Waals surface area contributed by atoms with Gasteiger partial charge in [-0.15, -0.1) is 0 Å². The zero-order valence-corrected chi connectivity index (χ0v) is 10.6. The largest absolute Gasteiger partial charge is 0.459 e. The van der Waals surface area contributed by atoms with Crippen molar-refractivity contribution in [2.45, 2.75) is 63.6 Å². The van der Waals surface area contributed by atoms with Crippen molar-refractivity contribution in [3.05, 3.63) is 0 Å². The smallest absolute Gasteiger partial charge is 0.306 e. The van der Waals surface area contributed by atoms with E-state index in [1.54, 1.807) is 0 Å². The van der Waals surface area contributed by atoms with E-state index < -0.39 is 37.2 Å². The highest BCUT2D eigenvalue weighted by molar-refractivity contribution is 5.69. The van der Waals surface area contributed by atoms with Crippen LogP contribution >= 0.6 is 0 Å². The summed E-state index contributed by atoms with van der Waals surface area (Å²) in [5.74, 6) is -0.390. The maximum Gasteiger partial charge on any atom is 0.306 e. The second-order valence-corrected chi connectivity index (χ2v) is 4.52. The molecule has 4 atom stereocenters. The number of carbonyl (C=O) groups is 1. The van der Waals surface area contributed by atoms with Gasteiger partial charge in [-0.2, -0.15) is 0 Å². The minimum atomic E-state index is -1.13. The summed E-state index contributed by atoms with van der Waals surface area (Å²) in [6.07, 6.45) is -0.920. The molecular formula is C12H22O6. The molecule has 0 radical (unpaired) electrons. The quantitative estimate of drug-likeness (QED) is 0.458. The van der Waals surface area contributed by atoms with Crippen LogP contribution in [0.5, 0.6) is 0 Å². The first-order chi connectivity index (χ1) is 8.58. The maximum atomic E-state index is 11.5. The van der Waals surface area contributed by atoms with Crippen LogP contribution in [-0.4, -0.2) is 52.5 Å². The molecular weight excluding hydrogens is 240 g/mol. The third-order valence-corrected chi connectivity index (χ3v) is 2.97. The minimum absolute atomic E-state index is 0.0250. The topological polar surface area (TPSA) is 96.2 Å². The summed E-state index contributed by atoms with van der Waals surface area (Å²) in [6, 6.07) is 0. The molecule has 1 fully saturated rings. The number of aliphatic hydroxyl groups excluding tert-OH is 3. The fourth-order valence-corrected chi connectivity index (χ4v) is 1.93. The molecule has 6 nitrogen and oxygen atoms in total. The first kappa shape index (κ1) is 15.4. The predicted molar refractivity (Wildman–Crippen MR) is 62.6 cm³/mol. The van der Waals surface area contributed by atoms with Gasteiger partial charge in [-0.25, -0.2) is 0 Å². The van der Waals surface area contributed by atoms with E-state index in [-0.39, 0.29) is 6.42 Å². The van der Waals surface area contributed by atoms with E-state index in [2.05, 4.69) is 0 Å². The van der Waals surface area contributed by atoms with Crippen LogP contribution < -0.4 is 0 Å². The molecule has 1 aliphatic heterocycles. The molecule has 1 aliphatic rings. The summed E-state index contributed by atoms with van der Waals surface area (Å²) >= 11 is 0. The summed E-state index contributed by atoms with van der Waals surface area (Å²) in [5, 5.41) is 28.2. The third kappa shape index (κ3) is 4.53. The van der Waals surface area contributed by atoms with Gasteiger partial charge < -0.3 is 24.8 Å². The zero-order chi connectivity index (χ0) is 13.5. The molecule has 0 aromatic rings. The van der Waals surface area contributed by atoms with E-state index in [1.165, 1.54) is 0 Å². The van der Waals surface area contributed by atoms with Crippen molar-refractivity contribution in [1.29, 1.82) is 0 Å². The molecule has 0 aromatic heterocycles. The van der Waals surface area contributed by atoms with Gasteiger partial charge in [0.25, 0.3) is 0 Å². The fraction of sp³-hybridized carbons (Fsp3) is 0.917. The van der Waals surface area contributed by atoms with Gasteiger partial charge in [0.05, 0.1) is 6.61 Å². The minimum Gasteiger partial charge on any atom is -0.459 e. The van der Waals surface area contributed by atoms with Crippen molar-refractivity contribution < 1.29 is 29.6 Å². The number of rotatable bonds is 6. The van der Waals surface area contributed by atoms with Crippen LogP contribution in [0.3, 0.4) is 0 Å². The molecule has 18 heavy (non-hydrogen) atoms. The Hall–Kier alpha value is -0.690. The number of carbonyl (C=O) groups excluding carboxylic acids is 1. The molecule has 0 aromatic carbocycles. The van der Waals surface area contributed by atoms with Crippen LogP contribution in [0.25, 0.3) is 0 Å². The van der Waals surface area contributed by atoms with Crippen LogP contribution in [0.1, 0.15) is 39.0 Å². The first-order valence-electron chi connectivity index (χ1n) is 6.40. The lowest BCUT2D eigenvalue weighted by atomic mass is 10.0. The average Bonchev–Trinajstić information content (AvgIpc) is 2.33. The van der Waals surface area contributed by atoms with E-state index in [0.717, 1.165) is 19.3 Å². The van der Waals surface area contributed by atoms with E-state index in [4.69, 9.17) is 14.6 Å². The molecule has 1 rings (SSSR count). The van der Waals surface area contributed by atoms with Gasteiger partial charge in [-0.05, 0) is 6.42 Å². The van der Waals surface area contributed by atoms with Gasteiger partial charge in [0.2, 0.25) is 0 Å². The van der Waals surface area contributed by atoms with Crippen molar-refractivity contribution in [2.24, 2.45) is 0 Å². The standard InChI is InChI=1S/C12H22O6/c1-2-3-4-5-10(14)17-8-6-11(15)18-9(7-13)12(8)16/h8-9,11-13,15-16H,2-7H2,1H3/t8-,9-,11?,12+/m1/s1. The van der Waals surface area contributed by atoms with Gasteiger partial charge in [-0.1, -0.05) is 19.8 Å². The predicted octanol–water partition coefficient (Wildman–Crippen LogP) is -0.0610. The Morgan fingerprint density at radius 2 is 2.11 bits per heavy atom. The van der Waals surface area contributed by atoms with Gasteiger partial charge >= 0.3 is 5.97 Å². The highest BCUT2D eigenvalue weighted by atomic mass is 16.6. The Bertz CT molecular complexity index is 257. The zero-order valence-electron chi connectivity index (χ0n) is 10.6. The van der Waals surface area contributed by atoms with Crippen molar-refractivity contribution >= 4 is 5.97 Å². The second kappa shape index (κ2) is 7.68. The van der Waals surface area contributed by atoms with E-state index in [9.17, 15) is 15.0 Å². The second-order valence-electron chi connectivity index (χ2n) is 4.52. The normalized spacial score (nSPS) is 32.2.